The van der Waals surface area contributed by atoms with E-state index < -0.39 is 0 Å². The fraction of sp³-hybridized carbons (Fsp3) is 0.682. The van der Waals surface area contributed by atoms with Gasteiger partial charge in [-0.3, -0.25) is 4.98 Å². The van der Waals surface area contributed by atoms with E-state index in [9.17, 15) is 0 Å². The lowest BCUT2D eigenvalue weighted by Crippen LogP contribution is -2.13. The first-order chi connectivity index (χ1) is 12.3. The molecule has 3 heteroatoms. The minimum atomic E-state index is 0.794. The van der Waals surface area contributed by atoms with Crippen LogP contribution in [0.4, 0.5) is 0 Å². The molecule has 0 aliphatic heterocycles. The van der Waals surface area contributed by atoms with Crippen LogP contribution >= 0.6 is 0 Å². The Balaban J connectivity index is 1.79. The van der Waals surface area contributed by atoms with Crippen LogP contribution in [0.15, 0.2) is 24.5 Å². The van der Waals surface area contributed by atoms with E-state index in [1.54, 1.807) is 7.05 Å². The van der Waals surface area contributed by atoms with E-state index in [-0.39, 0.29) is 0 Å². The van der Waals surface area contributed by atoms with Gasteiger partial charge in [-0.1, -0.05) is 44.6 Å². The van der Waals surface area contributed by atoms with Gasteiger partial charge in [-0.2, -0.15) is 5.06 Å². The molecule has 1 heterocycles. The van der Waals surface area contributed by atoms with Crippen molar-refractivity contribution in [3.05, 3.63) is 30.1 Å². The van der Waals surface area contributed by atoms with Gasteiger partial charge in [-0.25, -0.2) is 0 Å². The Labute approximate surface area is 154 Å². The Kier molecular flexibility index (Phi) is 14.0. The highest BCUT2D eigenvalue weighted by Gasteiger charge is 1.94. The molecule has 0 aliphatic rings. The molecule has 0 fully saturated rings. The number of pyridine rings is 1. The van der Waals surface area contributed by atoms with Gasteiger partial charge < -0.3 is 5.21 Å². The zero-order valence-electron chi connectivity index (χ0n) is 16.1. The molecule has 1 aromatic heterocycles. The van der Waals surface area contributed by atoms with Gasteiger partial charge in [-0.15, -0.1) is 11.8 Å². The molecule has 0 saturated heterocycles. The van der Waals surface area contributed by atoms with Gasteiger partial charge >= 0.3 is 0 Å². The normalized spacial score (nSPS) is 10.7. The number of hydroxylamine groups is 2. The first kappa shape index (κ1) is 21.7. The van der Waals surface area contributed by atoms with E-state index in [2.05, 4.69) is 22.9 Å². The van der Waals surface area contributed by atoms with Crippen LogP contribution in [0.1, 0.15) is 82.6 Å². The third kappa shape index (κ3) is 14.7. The van der Waals surface area contributed by atoms with Crippen LogP contribution in [-0.2, 0) is 6.42 Å². The lowest BCUT2D eigenvalue weighted by Gasteiger charge is -2.06. The number of unbranched alkanes of at least 4 members (excludes halogenated alkanes) is 10. The molecule has 1 aromatic rings. The van der Waals surface area contributed by atoms with E-state index >= 15 is 0 Å². The summed E-state index contributed by atoms with van der Waals surface area (Å²) in [7, 11) is 1.71. The molecule has 0 saturated carbocycles. The van der Waals surface area contributed by atoms with E-state index in [1.165, 1.54) is 68.4 Å². The van der Waals surface area contributed by atoms with Crippen LogP contribution in [0.25, 0.3) is 0 Å². The molecular formula is C22H36N2O. The lowest BCUT2D eigenvalue weighted by molar-refractivity contribution is -0.0655. The Morgan fingerprint density at radius 2 is 1.48 bits per heavy atom. The van der Waals surface area contributed by atoms with Crippen LogP contribution in [0.2, 0.25) is 0 Å². The average molecular weight is 345 g/mol. The summed E-state index contributed by atoms with van der Waals surface area (Å²) in [6, 6.07) is 4.15. The molecule has 0 unspecified atom stereocenters. The second-order valence-corrected chi connectivity index (χ2v) is 6.88. The fourth-order valence-corrected chi connectivity index (χ4v) is 2.88. The van der Waals surface area contributed by atoms with Gasteiger partial charge in [0.25, 0.3) is 0 Å². The number of rotatable bonds is 14. The van der Waals surface area contributed by atoms with Crippen molar-refractivity contribution < 1.29 is 5.21 Å². The maximum absolute atomic E-state index is 9.02. The van der Waals surface area contributed by atoms with Crippen molar-refractivity contribution in [2.45, 2.75) is 83.5 Å². The number of hydrogen-bond acceptors (Lipinski definition) is 3. The third-order valence-corrected chi connectivity index (χ3v) is 4.40. The summed E-state index contributed by atoms with van der Waals surface area (Å²) >= 11 is 0. The largest absolute Gasteiger partial charge is 0.314 e. The maximum atomic E-state index is 9.02. The Hall–Kier alpha value is -1.37. The van der Waals surface area contributed by atoms with Gasteiger partial charge in [0, 0.05) is 38.8 Å². The molecule has 0 atom stereocenters. The summed E-state index contributed by atoms with van der Waals surface area (Å²) in [4.78, 5) is 4.14. The van der Waals surface area contributed by atoms with E-state index in [4.69, 9.17) is 5.21 Å². The standard InChI is InChI=1S/C22H36N2O/c1-24(25)20-15-13-11-9-7-5-3-2-4-6-8-10-12-14-17-22-18-16-19-23-21-22/h16,18-19,21,25H,2-5,7,9-15,17,20H2,1H3. The maximum Gasteiger partial charge on any atom is 0.0299 e. The molecule has 0 aromatic carbocycles. The molecule has 3 nitrogen and oxygen atoms in total. The third-order valence-electron chi connectivity index (χ3n) is 4.40. The first-order valence-electron chi connectivity index (χ1n) is 10.0. The van der Waals surface area contributed by atoms with Gasteiger partial charge in [0.15, 0.2) is 0 Å². The van der Waals surface area contributed by atoms with Crippen LogP contribution in [0.5, 0.6) is 0 Å². The minimum Gasteiger partial charge on any atom is -0.314 e. The summed E-state index contributed by atoms with van der Waals surface area (Å²) in [6.07, 6.45) is 19.6. The van der Waals surface area contributed by atoms with Gasteiger partial charge in [0.05, 0.1) is 0 Å². The predicted octanol–water partition coefficient (Wildman–Crippen LogP) is 5.63. The zero-order chi connectivity index (χ0) is 18.0. The molecule has 140 valence electrons. The van der Waals surface area contributed by atoms with Crippen molar-refractivity contribution in [3.8, 4) is 11.8 Å². The Bertz CT molecular complexity index is 462. The second-order valence-electron chi connectivity index (χ2n) is 6.88. The quantitative estimate of drug-likeness (QED) is 0.270. The minimum absolute atomic E-state index is 0.794. The molecule has 0 bridgehead atoms. The molecule has 0 amide bonds. The van der Waals surface area contributed by atoms with E-state index in [0.717, 1.165) is 32.2 Å². The van der Waals surface area contributed by atoms with E-state index in [0.29, 0.717) is 0 Å². The molecule has 0 radical (unpaired) electrons. The summed E-state index contributed by atoms with van der Waals surface area (Å²) in [5.41, 5.74) is 1.33. The van der Waals surface area contributed by atoms with Crippen molar-refractivity contribution in [1.29, 1.82) is 0 Å². The van der Waals surface area contributed by atoms with Crippen LogP contribution in [0, 0.1) is 11.8 Å². The topological polar surface area (TPSA) is 36.4 Å². The number of nitrogens with zero attached hydrogens (tertiary/aromatic N) is 2. The lowest BCUT2D eigenvalue weighted by atomic mass is 10.1. The molecule has 1 rings (SSSR count). The average Bonchev–Trinajstić information content (AvgIpc) is 2.62. The summed E-state index contributed by atoms with van der Waals surface area (Å²) in [5.74, 6) is 6.64. The second kappa shape index (κ2) is 16.1. The highest BCUT2D eigenvalue weighted by molar-refractivity contribution is 5.08. The van der Waals surface area contributed by atoms with Crippen LogP contribution in [-0.4, -0.2) is 28.8 Å². The van der Waals surface area contributed by atoms with Crippen LogP contribution in [0.3, 0.4) is 0 Å². The summed E-state index contributed by atoms with van der Waals surface area (Å²) in [5, 5.41) is 10.3. The van der Waals surface area contributed by atoms with Gasteiger partial charge in [0.2, 0.25) is 0 Å². The van der Waals surface area contributed by atoms with Crippen molar-refractivity contribution >= 4 is 0 Å². The van der Waals surface area contributed by atoms with Crippen LogP contribution < -0.4 is 0 Å². The Morgan fingerprint density at radius 1 is 0.880 bits per heavy atom. The van der Waals surface area contributed by atoms with Gasteiger partial charge in [-0.05, 0) is 43.7 Å². The highest BCUT2D eigenvalue weighted by atomic mass is 16.5. The summed E-state index contributed by atoms with van der Waals surface area (Å²) in [6.45, 7) is 0.794. The molecule has 0 spiro atoms. The van der Waals surface area contributed by atoms with E-state index in [1.807, 2.05) is 18.5 Å². The number of aryl methyl sites for hydroxylation is 1. The fourth-order valence-electron chi connectivity index (χ4n) is 2.88. The summed E-state index contributed by atoms with van der Waals surface area (Å²) < 4.78 is 0. The molecule has 0 aliphatic carbocycles. The number of hydrogen-bond donors (Lipinski definition) is 1. The Morgan fingerprint density at radius 3 is 2.08 bits per heavy atom. The monoisotopic (exact) mass is 344 g/mol. The van der Waals surface area contributed by atoms with Crippen molar-refractivity contribution in [3.63, 3.8) is 0 Å². The molecule has 1 N–H and O–H groups in total. The van der Waals surface area contributed by atoms with Gasteiger partial charge in [0.1, 0.15) is 0 Å². The predicted molar refractivity (Wildman–Crippen MR) is 106 cm³/mol. The highest BCUT2D eigenvalue weighted by Crippen LogP contribution is 2.10. The molecule has 25 heavy (non-hydrogen) atoms. The smallest absolute Gasteiger partial charge is 0.0299 e. The number of aromatic nitrogens is 1. The zero-order valence-corrected chi connectivity index (χ0v) is 16.1. The first-order valence-corrected chi connectivity index (χ1v) is 10.0. The molecular weight excluding hydrogens is 308 g/mol. The van der Waals surface area contributed by atoms with Crippen molar-refractivity contribution in [2.75, 3.05) is 13.6 Å². The van der Waals surface area contributed by atoms with Crippen molar-refractivity contribution in [2.24, 2.45) is 0 Å². The van der Waals surface area contributed by atoms with Crippen molar-refractivity contribution in [1.82, 2.24) is 10.0 Å². The SMILES string of the molecule is CN(O)CCCCCCCCCCC#CCCCCc1cccnc1.